The average Bonchev–Trinajstić information content (AvgIpc) is 3.22. The molecule has 0 atom stereocenters. The minimum absolute atomic E-state index is 0.927. The van der Waals surface area contributed by atoms with Crippen molar-refractivity contribution in [2.24, 2.45) is 0 Å². The number of unbranched alkanes of at least 4 members (excludes halogenated alkanes) is 9. The van der Waals surface area contributed by atoms with Crippen molar-refractivity contribution in [3.05, 3.63) is 87.5 Å². The van der Waals surface area contributed by atoms with Crippen LogP contribution in [-0.4, -0.2) is 4.70 Å². The molecule has 38 heavy (non-hydrogen) atoms. The molecule has 0 unspecified atom stereocenters. The zero-order valence-corrected chi connectivity index (χ0v) is 24.8. The van der Waals surface area contributed by atoms with E-state index in [1.54, 1.807) is 4.70 Å². The minimum Gasteiger partial charge on any atom is -0.493 e. The van der Waals surface area contributed by atoms with Gasteiger partial charge in [0.05, 0.1) is 0 Å². The van der Waals surface area contributed by atoms with Gasteiger partial charge in [-0.15, -0.1) is 0 Å². The van der Waals surface area contributed by atoms with Gasteiger partial charge in [-0.1, -0.05) is 110 Å². The van der Waals surface area contributed by atoms with Gasteiger partial charge in [-0.25, -0.2) is 4.70 Å². The average molecular weight is 513 g/mol. The Hall–Kier alpha value is -2.48. The molecule has 0 amide bonds. The first-order valence-corrected chi connectivity index (χ1v) is 15.8. The summed E-state index contributed by atoms with van der Waals surface area (Å²) in [5, 5.41) is 0. The topological polar surface area (TPSA) is 25.3 Å². The summed E-state index contributed by atoms with van der Waals surface area (Å²) in [6.07, 6.45) is 19.3. The van der Waals surface area contributed by atoms with Crippen LogP contribution in [0.4, 0.5) is 0 Å². The van der Waals surface area contributed by atoms with Crippen LogP contribution in [-0.2, 0) is 12.8 Å². The second-order valence-electron chi connectivity index (χ2n) is 11.2. The van der Waals surface area contributed by atoms with Crippen molar-refractivity contribution in [2.45, 2.75) is 130 Å². The normalized spacial score (nSPS) is 13.7. The Morgan fingerprint density at radius 2 is 0.974 bits per heavy atom. The van der Waals surface area contributed by atoms with Crippen LogP contribution in [0, 0.1) is 0 Å². The lowest BCUT2D eigenvalue weighted by molar-refractivity contribution is -0.345. The number of nitrogens with zero attached hydrogens (tertiary/aromatic N) is 2. The third-order valence-electron chi connectivity index (χ3n) is 8.03. The van der Waals surface area contributed by atoms with E-state index in [1.807, 2.05) is 0 Å². The molecule has 2 nitrogen and oxygen atoms in total. The third kappa shape index (κ3) is 8.26. The van der Waals surface area contributed by atoms with Gasteiger partial charge < -0.3 is 5.53 Å². The quantitative estimate of drug-likeness (QED) is 0.140. The molecule has 0 aliphatic carbocycles. The van der Waals surface area contributed by atoms with Crippen LogP contribution in [0.2, 0.25) is 0 Å². The van der Waals surface area contributed by atoms with E-state index >= 15 is 0 Å². The van der Waals surface area contributed by atoms with E-state index in [1.165, 1.54) is 99.3 Å². The molecular weight excluding hydrogens is 460 g/mol. The molecule has 0 saturated carbocycles. The molecule has 0 N–H and O–H groups in total. The van der Waals surface area contributed by atoms with Crippen molar-refractivity contribution < 1.29 is 4.70 Å². The van der Waals surface area contributed by atoms with Crippen LogP contribution in [0.25, 0.3) is 16.9 Å². The fourth-order valence-corrected chi connectivity index (χ4v) is 5.89. The van der Waals surface area contributed by atoms with Crippen LogP contribution in [0.1, 0.15) is 140 Å². The molecule has 0 spiro atoms. The van der Waals surface area contributed by atoms with Gasteiger partial charge in [0.25, 0.3) is 0 Å². The molecule has 0 saturated heterocycles. The molecule has 1 aliphatic rings. The highest BCUT2D eigenvalue weighted by Gasteiger charge is 2.34. The highest BCUT2D eigenvalue weighted by atomic mass is 15.2. The van der Waals surface area contributed by atoms with E-state index in [0.29, 0.717) is 0 Å². The number of rotatable bonds is 18. The van der Waals surface area contributed by atoms with Crippen LogP contribution in [0.5, 0.6) is 0 Å². The van der Waals surface area contributed by atoms with Crippen LogP contribution in [0.15, 0.2) is 59.7 Å². The van der Waals surface area contributed by atoms with Gasteiger partial charge in [-0.05, 0) is 80.3 Å². The lowest BCUT2D eigenvalue weighted by Crippen LogP contribution is -2.03. The predicted molar refractivity (Wildman–Crippen MR) is 165 cm³/mol. The molecule has 1 aliphatic heterocycles. The number of benzene rings is 2. The molecule has 206 valence electrons. The SMILES string of the molecule is CCCCCCC1=C(c2cccc(CCCCCC)c2)[N+](=[N-])C(c2cccc(CCCCCC)c2)=C1CC. The number of hydrogen-bond donors (Lipinski definition) is 0. The fourth-order valence-electron chi connectivity index (χ4n) is 5.89. The smallest absolute Gasteiger partial charge is 0.211 e. The standard InChI is InChI=1S/C36H52N2/c1-5-9-12-15-20-29-22-18-24-31(27-29)35-33(8-4)34(26-17-14-11-7-3)36(38(35)37)32-25-19-23-30(28-32)21-16-13-10-6-2/h18-19,22-25,27-28H,5-17,20-21,26H2,1-4H3. The Balaban J connectivity index is 1.94. The zero-order chi connectivity index (χ0) is 27.2. The first kappa shape index (κ1) is 30.1. The number of allylic oxidation sites excluding steroid dienone is 2. The Morgan fingerprint density at radius 3 is 1.42 bits per heavy atom. The first-order chi connectivity index (χ1) is 18.6. The van der Waals surface area contributed by atoms with Crippen molar-refractivity contribution in [3.8, 4) is 0 Å². The summed E-state index contributed by atoms with van der Waals surface area (Å²) in [4.78, 5) is 0. The largest absolute Gasteiger partial charge is 0.493 e. The van der Waals surface area contributed by atoms with Gasteiger partial charge >= 0.3 is 0 Å². The second kappa shape index (κ2) is 16.5. The summed E-state index contributed by atoms with van der Waals surface area (Å²) in [6, 6.07) is 17.9. The van der Waals surface area contributed by atoms with Crippen LogP contribution >= 0.6 is 0 Å². The molecule has 0 bridgehead atoms. The summed E-state index contributed by atoms with van der Waals surface area (Å²) < 4.78 is 1.54. The van der Waals surface area contributed by atoms with Crippen LogP contribution < -0.4 is 0 Å². The predicted octanol–water partition coefficient (Wildman–Crippen LogP) is 11.5. The molecule has 0 fully saturated rings. The Morgan fingerprint density at radius 1 is 0.526 bits per heavy atom. The molecule has 1 heterocycles. The summed E-state index contributed by atoms with van der Waals surface area (Å²) in [5.74, 6) is 0. The Bertz CT molecular complexity index is 1090. The van der Waals surface area contributed by atoms with Gasteiger partial charge in [0.1, 0.15) is 0 Å². The van der Waals surface area contributed by atoms with Crippen LogP contribution in [0.3, 0.4) is 0 Å². The maximum Gasteiger partial charge on any atom is 0.211 e. The summed E-state index contributed by atoms with van der Waals surface area (Å²) >= 11 is 0. The van der Waals surface area contributed by atoms with Gasteiger partial charge in [0, 0.05) is 22.3 Å². The van der Waals surface area contributed by atoms with Crippen molar-refractivity contribution in [3.63, 3.8) is 0 Å². The molecule has 2 aromatic rings. The minimum atomic E-state index is 0.927. The number of hydrogen-bond acceptors (Lipinski definition) is 0. The van der Waals surface area contributed by atoms with Gasteiger partial charge in [0.2, 0.25) is 11.4 Å². The Kier molecular flexibility index (Phi) is 13.0. The highest BCUT2D eigenvalue weighted by molar-refractivity contribution is 5.82. The maximum atomic E-state index is 11.8. The van der Waals surface area contributed by atoms with Crippen molar-refractivity contribution in [2.75, 3.05) is 0 Å². The Labute approximate surface area is 233 Å². The summed E-state index contributed by atoms with van der Waals surface area (Å²) in [5.41, 5.74) is 21.5. The monoisotopic (exact) mass is 512 g/mol. The van der Waals surface area contributed by atoms with Crippen molar-refractivity contribution >= 4 is 11.4 Å². The molecule has 0 radical (unpaired) electrons. The first-order valence-electron chi connectivity index (χ1n) is 15.8. The van der Waals surface area contributed by atoms with E-state index in [-0.39, 0.29) is 0 Å². The van der Waals surface area contributed by atoms with E-state index in [9.17, 15) is 5.53 Å². The van der Waals surface area contributed by atoms with E-state index < -0.39 is 0 Å². The zero-order valence-electron chi connectivity index (χ0n) is 24.8. The lowest BCUT2D eigenvalue weighted by Gasteiger charge is -2.12. The van der Waals surface area contributed by atoms with E-state index in [2.05, 4.69) is 76.2 Å². The van der Waals surface area contributed by atoms with Gasteiger partial charge in [-0.3, -0.25) is 0 Å². The van der Waals surface area contributed by atoms with Crippen molar-refractivity contribution in [1.29, 1.82) is 0 Å². The number of aryl methyl sites for hydroxylation is 2. The summed E-state index contributed by atoms with van der Waals surface area (Å²) in [7, 11) is 0. The van der Waals surface area contributed by atoms with E-state index in [0.717, 1.165) is 48.2 Å². The molecular formula is C36H52N2. The second-order valence-corrected chi connectivity index (χ2v) is 11.2. The van der Waals surface area contributed by atoms with E-state index in [4.69, 9.17) is 0 Å². The van der Waals surface area contributed by atoms with Gasteiger partial charge in [-0.2, -0.15) is 0 Å². The summed E-state index contributed by atoms with van der Waals surface area (Å²) in [6.45, 7) is 9.05. The molecule has 2 aromatic carbocycles. The van der Waals surface area contributed by atoms with Crippen molar-refractivity contribution in [1.82, 2.24) is 0 Å². The van der Waals surface area contributed by atoms with Gasteiger partial charge in [0.15, 0.2) is 0 Å². The third-order valence-corrected chi connectivity index (χ3v) is 8.03. The highest BCUT2D eigenvalue weighted by Crippen LogP contribution is 2.44. The molecule has 2 heteroatoms. The fraction of sp³-hybridized carbons (Fsp3) is 0.556. The molecule has 3 rings (SSSR count). The molecule has 0 aromatic heterocycles. The maximum absolute atomic E-state index is 11.8. The lowest BCUT2D eigenvalue weighted by atomic mass is 9.92.